The molecule has 0 amide bonds. The van der Waals surface area contributed by atoms with Crippen molar-refractivity contribution in [1.29, 1.82) is 0 Å². The normalized spacial score (nSPS) is 16.4. The summed E-state index contributed by atoms with van der Waals surface area (Å²) in [6.07, 6.45) is 2.45. The molecule has 0 unspecified atom stereocenters. The first kappa shape index (κ1) is 19.8. The molecule has 1 heterocycles. The minimum atomic E-state index is -0.0685. The van der Waals surface area contributed by atoms with Gasteiger partial charge in [-0.2, -0.15) is 0 Å². The highest BCUT2D eigenvalue weighted by atomic mass is 15.0. The first-order valence-electron chi connectivity index (χ1n) is 11.3. The fraction of sp³-hybridized carbons (Fsp3) is 0.200. The molecule has 0 aliphatic carbocycles. The molecule has 1 heteroatoms. The first-order chi connectivity index (χ1) is 15.2. The predicted octanol–water partition coefficient (Wildman–Crippen LogP) is 7.08. The summed E-state index contributed by atoms with van der Waals surface area (Å²) in [4.78, 5) is 0. The molecule has 1 atom stereocenters. The van der Waals surface area contributed by atoms with E-state index < -0.39 is 0 Å². The molecular formula is C30H29N. The summed E-state index contributed by atoms with van der Waals surface area (Å²) in [7, 11) is 0. The van der Waals surface area contributed by atoms with Crippen molar-refractivity contribution in [1.82, 2.24) is 5.32 Å². The molecule has 1 N–H and O–H groups in total. The maximum absolute atomic E-state index is 3.79. The second-order valence-electron chi connectivity index (χ2n) is 8.74. The maximum atomic E-state index is 3.79. The van der Waals surface area contributed by atoms with Gasteiger partial charge >= 0.3 is 0 Å². The first-order valence-corrected chi connectivity index (χ1v) is 11.3. The Labute approximate surface area is 185 Å². The summed E-state index contributed by atoms with van der Waals surface area (Å²) in [5, 5.41) is 3.79. The minimum absolute atomic E-state index is 0.0685. The van der Waals surface area contributed by atoms with Crippen LogP contribution in [0.3, 0.4) is 0 Å². The zero-order valence-electron chi connectivity index (χ0n) is 18.1. The Morgan fingerprint density at radius 3 is 1.39 bits per heavy atom. The van der Waals surface area contributed by atoms with E-state index in [0.29, 0.717) is 6.04 Å². The van der Waals surface area contributed by atoms with Crippen LogP contribution in [-0.2, 0) is 5.41 Å². The number of nitrogens with one attached hydrogen (secondary N) is 1. The highest BCUT2D eigenvalue weighted by molar-refractivity contribution is 5.66. The van der Waals surface area contributed by atoms with Crippen LogP contribution in [0.1, 0.15) is 30.9 Å². The van der Waals surface area contributed by atoms with E-state index >= 15 is 0 Å². The van der Waals surface area contributed by atoms with Gasteiger partial charge in [-0.15, -0.1) is 0 Å². The summed E-state index contributed by atoms with van der Waals surface area (Å²) >= 11 is 0. The number of benzene rings is 4. The van der Waals surface area contributed by atoms with Gasteiger partial charge in [-0.05, 0) is 59.7 Å². The molecule has 4 aromatic carbocycles. The van der Waals surface area contributed by atoms with Gasteiger partial charge in [0.05, 0.1) is 0 Å². The van der Waals surface area contributed by atoms with Crippen molar-refractivity contribution >= 4 is 0 Å². The zero-order chi connectivity index (χ0) is 21.1. The van der Waals surface area contributed by atoms with Gasteiger partial charge < -0.3 is 5.32 Å². The smallest absolute Gasteiger partial charge is 0.0327 e. The Hall–Kier alpha value is -3.16. The third kappa shape index (κ3) is 3.82. The van der Waals surface area contributed by atoms with Crippen molar-refractivity contribution in [3.05, 3.63) is 120 Å². The van der Waals surface area contributed by atoms with Crippen LogP contribution in [0.4, 0.5) is 0 Å². The quantitative estimate of drug-likeness (QED) is 0.375. The van der Waals surface area contributed by atoms with Crippen LogP contribution in [0.15, 0.2) is 109 Å². The number of hydrogen-bond acceptors (Lipinski definition) is 1. The molecule has 0 radical (unpaired) electrons. The van der Waals surface area contributed by atoms with E-state index in [0.717, 1.165) is 6.54 Å². The van der Waals surface area contributed by atoms with Gasteiger partial charge in [-0.3, -0.25) is 0 Å². The second kappa shape index (κ2) is 8.53. The Balaban J connectivity index is 1.52. The number of hydrogen-bond donors (Lipinski definition) is 1. The summed E-state index contributed by atoms with van der Waals surface area (Å²) in [6.45, 7) is 3.51. The van der Waals surface area contributed by atoms with Crippen molar-refractivity contribution < 1.29 is 0 Å². The molecule has 5 rings (SSSR count). The molecule has 1 nitrogen and oxygen atoms in total. The highest BCUT2D eigenvalue weighted by Crippen LogP contribution is 2.40. The third-order valence-corrected chi connectivity index (χ3v) is 6.94. The van der Waals surface area contributed by atoms with Crippen LogP contribution in [-0.4, -0.2) is 12.6 Å². The second-order valence-corrected chi connectivity index (χ2v) is 8.74. The standard InChI is InChI=1S/C30H29N/c1-30(29-13-8-22-31-29,27-18-14-25(15-19-27)23-9-4-2-5-10-23)28-20-16-26(17-21-28)24-11-6-3-7-12-24/h2-7,9-12,14-21,29,31H,8,13,22H2,1H3/t29-/m1/s1. The molecule has 4 aromatic rings. The van der Waals surface area contributed by atoms with Crippen LogP contribution < -0.4 is 5.32 Å². The van der Waals surface area contributed by atoms with E-state index in [4.69, 9.17) is 0 Å². The van der Waals surface area contributed by atoms with Crippen LogP contribution in [0.25, 0.3) is 22.3 Å². The lowest BCUT2D eigenvalue weighted by molar-refractivity contribution is 0.407. The lowest BCUT2D eigenvalue weighted by atomic mass is 9.70. The van der Waals surface area contributed by atoms with Gasteiger partial charge in [0, 0.05) is 11.5 Å². The van der Waals surface area contributed by atoms with E-state index in [9.17, 15) is 0 Å². The van der Waals surface area contributed by atoms with Crippen molar-refractivity contribution in [3.63, 3.8) is 0 Å². The lowest BCUT2D eigenvalue weighted by Crippen LogP contribution is -2.43. The molecule has 0 bridgehead atoms. The molecule has 154 valence electrons. The van der Waals surface area contributed by atoms with E-state index in [1.54, 1.807) is 0 Å². The minimum Gasteiger partial charge on any atom is -0.313 e. The summed E-state index contributed by atoms with van der Waals surface area (Å²) < 4.78 is 0. The van der Waals surface area contributed by atoms with Crippen molar-refractivity contribution in [2.75, 3.05) is 6.54 Å². The molecule has 31 heavy (non-hydrogen) atoms. The Kier molecular flexibility index (Phi) is 5.44. The molecule has 1 aliphatic heterocycles. The molecule has 0 aromatic heterocycles. The van der Waals surface area contributed by atoms with E-state index in [2.05, 4.69) is 121 Å². The van der Waals surface area contributed by atoms with Crippen LogP contribution in [0, 0.1) is 0 Å². The summed E-state index contributed by atoms with van der Waals surface area (Å²) in [5.74, 6) is 0. The fourth-order valence-electron chi connectivity index (χ4n) is 5.03. The van der Waals surface area contributed by atoms with Crippen molar-refractivity contribution in [2.45, 2.75) is 31.2 Å². The zero-order valence-corrected chi connectivity index (χ0v) is 18.1. The van der Waals surface area contributed by atoms with Gasteiger partial charge in [0.1, 0.15) is 0 Å². The summed E-state index contributed by atoms with van der Waals surface area (Å²) in [6, 6.07) is 40.1. The fourth-order valence-corrected chi connectivity index (χ4v) is 5.03. The van der Waals surface area contributed by atoms with Gasteiger partial charge in [0.2, 0.25) is 0 Å². The average Bonchev–Trinajstić information content (AvgIpc) is 3.41. The van der Waals surface area contributed by atoms with Gasteiger partial charge in [-0.25, -0.2) is 0 Å². The average molecular weight is 404 g/mol. The van der Waals surface area contributed by atoms with Crippen LogP contribution in [0.5, 0.6) is 0 Å². The largest absolute Gasteiger partial charge is 0.313 e. The van der Waals surface area contributed by atoms with Crippen molar-refractivity contribution in [3.8, 4) is 22.3 Å². The van der Waals surface area contributed by atoms with Crippen molar-refractivity contribution in [2.24, 2.45) is 0 Å². The van der Waals surface area contributed by atoms with Gasteiger partial charge in [0.15, 0.2) is 0 Å². The maximum Gasteiger partial charge on any atom is 0.0327 e. The van der Waals surface area contributed by atoms with Gasteiger partial charge in [0.25, 0.3) is 0 Å². The third-order valence-electron chi connectivity index (χ3n) is 6.94. The molecule has 1 aliphatic rings. The van der Waals surface area contributed by atoms with Gasteiger partial charge in [-0.1, -0.05) is 109 Å². The van der Waals surface area contributed by atoms with E-state index in [1.165, 1.54) is 46.2 Å². The van der Waals surface area contributed by atoms with Crippen LogP contribution in [0.2, 0.25) is 0 Å². The Morgan fingerprint density at radius 2 is 1.00 bits per heavy atom. The lowest BCUT2D eigenvalue weighted by Gasteiger charge is -2.37. The van der Waals surface area contributed by atoms with Crippen LogP contribution >= 0.6 is 0 Å². The van der Waals surface area contributed by atoms with E-state index in [1.807, 2.05) is 0 Å². The predicted molar refractivity (Wildman–Crippen MR) is 131 cm³/mol. The SMILES string of the molecule is CC(c1ccc(-c2ccccc2)cc1)(c1ccc(-c2ccccc2)cc1)[C@H]1CCCN1. The Bertz CT molecular complexity index is 1020. The molecular weight excluding hydrogens is 374 g/mol. The topological polar surface area (TPSA) is 12.0 Å². The molecule has 1 saturated heterocycles. The van der Waals surface area contributed by atoms with E-state index in [-0.39, 0.29) is 5.41 Å². The molecule has 0 spiro atoms. The molecule has 1 fully saturated rings. The Morgan fingerprint density at radius 1 is 0.581 bits per heavy atom. The summed E-state index contributed by atoms with van der Waals surface area (Å²) in [5.41, 5.74) is 7.75. The highest BCUT2D eigenvalue weighted by Gasteiger charge is 2.39. The monoisotopic (exact) mass is 403 g/mol. The molecule has 0 saturated carbocycles. The number of rotatable bonds is 5.